The van der Waals surface area contributed by atoms with E-state index in [0.29, 0.717) is 13.1 Å². The molecule has 2 aliphatic rings. The fourth-order valence-electron chi connectivity index (χ4n) is 3.96. The molecule has 0 spiro atoms. The SMILES string of the molecule is CS(=O)(=O)N1CC=C(C2Cc3c(Nc4ccc5ncsc5c4)ccnc3N2)CC1. The van der Waals surface area contributed by atoms with Crippen molar-refractivity contribution in [3.63, 3.8) is 0 Å². The van der Waals surface area contributed by atoms with Crippen molar-refractivity contribution in [1.29, 1.82) is 0 Å². The maximum Gasteiger partial charge on any atom is 0.211 e. The Bertz CT molecular complexity index is 1220. The summed E-state index contributed by atoms with van der Waals surface area (Å²) in [5.41, 5.74) is 7.35. The van der Waals surface area contributed by atoms with Gasteiger partial charge in [0.1, 0.15) is 5.82 Å². The summed E-state index contributed by atoms with van der Waals surface area (Å²) in [6.07, 6.45) is 6.69. The van der Waals surface area contributed by atoms with Crippen molar-refractivity contribution in [2.24, 2.45) is 0 Å². The topological polar surface area (TPSA) is 87.2 Å². The van der Waals surface area contributed by atoms with Gasteiger partial charge in [0, 0.05) is 42.6 Å². The van der Waals surface area contributed by atoms with Crippen LogP contribution in [0.3, 0.4) is 0 Å². The van der Waals surface area contributed by atoms with E-state index >= 15 is 0 Å². The van der Waals surface area contributed by atoms with Crippen LogP contribution in [0.15, 0.2) is 47.6 Å². The summed E-state index contributed by atoms with van der Waals surface area (Å²) in [4.78, 5) is 8.84. The number of aromatic nitrogens is 2. The molecule has 0 aliphatic carbocycles. The molecule has 0 bridgehead atoms. The largest absolute Gasteiger partial charge is 0.363 e. The second-order valence-electron chi connectivity index (χ2n) is 7.40. The molecule has 29 heavy (non-hydrogen) atoms. The first kappa shape index (κ1) is 18.5. The molecule has 2 aromatic heterocycles. The summed E-state index contributed by atoms with van der Waals surface area (Å²) in [6, 6.07) is 8.34. The number of rotatable bonds is 4. The Morgan fingerprint density at radius 1 is 1.28 bits per heavy atom. The first-order chi connectivity index (χ1) is 14.0. The number of sulfonamides is 1. The molecule has 4 heterocycles. The van der Waals surface area contributed by atoms with E-state index in [1.807, 2.05) is 36.0 Å². The van der Waals surface area contributed by atoms with Crippen molar-refractivity contribution in [2.45, 2.75) is 18.9 Å². The lowest BCUT2D eigenvalue weighted by Gasteiger charge is -2.27. The molecular weight excluding hydrogens is 406 g/mol. The Kier molecular flexibility index (Phi) is 4.53. The molecule has 9 heteroatoms. The predicted octanol–water partition coefficient (Wildman–Crippen LogP) is 3.36. The fraction of sp³-hybridized carbons (Fsp3) is 0.300. The van der Waals surface area contributed by atoms with E-state index in [2.05, 4.69) is 26.7 Å². The lowest BCUT2D eigenvalue weighted by Crippen LogP contribution is -2.36. The van der Waals surface area contributed by atoms with E-state index in [4.69, 9.17) is 0 Å². The second-order valence-corrected chi connectivity index (χ2v) is 10.3. The van der Waals surface area contributed by atoms with Gasteiger partial charge < -0.3 is 10.6 Å². The molecule has 0 fully saturated rings. The van der Waals surface area contributed by atoms with Crippen LogP contribution in [0.25, 0.3) is 10.2 Å². The highest BCUT2D eigenvalue weighted by Crippen LogP contribution is 2.36. The van der Waals surface area contributed by atoms with Crippen molar-refractivity contribution in [3.8, 4) is 0 Å². The Hall–Kier alpha value is -2.49. The van der Waals surface area contributed by atoms with Crippen LogP contribution in [-0.4, -0.2) is 48.1 Å². The van der Waals surface area contributed by atoms with Crippen LogP contribution < -0.4 is 10.6 Å². The zero-order valence-corrected chi connectivity index (χ0v) is 17.6. The highest BCUT2D eigenvalue weighted by atomic mass is 32.2. The van der Waals surface area contributed by atoms with Gasteiger partial charge in [0.25, 0.3) is 0 Å². The Labute approximate surface area is 173 Å². The maximum atomic E-state index is 11.7. The van der Waals surface area contributed by atoms with Crippen LogP contribution in [0, 0.1) is 0 Å². The van der Waals surface area contributed by atoms with Gasteiger partial charge in [0.2, 0.25) is 10.0 Å². The first-order valence-corrected chi connectivity index (χ1v) is 12.2. The zero-order valence-electron chi connectivity index (χ0n) is 15.9. The molecule has 0 saturated heterocycles. The predicted molar refractivity (Wildman–Crippen MR) is 117 cm³/mol. The van der Waals surface area contributed by atoms with Crippen molar-refractivity contribution < 1.29 is 8.42 Å². The molecule has 2 aliphatic heterocycles. The van der Waals surface area contributed by atoms with Crippen molar-refractivity contribution in [1.82, 2.24) is 14.3 Å². The summed E-state index contributed by atoms with van der Waals surface area (Å²) in [6.45, 7) is 0.975. The summed E-state index contributed by atoms with van der Waals surface area (Å²) < 4.78 is 26.1. The smallest absolute Gasteiger partial charge is 0.211 e. The van der Waals surface area contributed by atoms with E-state index in [1.54, 1.807) is 11.3 Å². The molecule has 0 amide bonds. The Balaban J connectivity index is 1.36. The highest BCUT2D eigenvalue weighted by molar-refractivity contribution is 7.88. The van der Waals surface area contributed by atoms with Crippen molar-refractivity contribution in [2.75, 3.05) is 30.0 Å². The molecule has 150 valence electrons. The van der Waals surface area contributed by atoms with Gasteiger partial charge in [-0.15, -0.1) is 11.3 Å². The molecular formula is C20H21N5O2S2. The third kappa shape index (κ3) is 3.61. The quantitative estimate of drug-likeness (QED) is 0.621. The molecule has 3 aromatic rings. The van der Waals surface area contributed by atoms with Gasteiger partial charge >= 0.3 is 0 Å². The average molecular weight is 428 g/mol. The molecule has 1 unspecified atom stereocenters. The summed E-state index contributed by atoms with van der Waals surface area (Å²) >= 11 is 1.63. The standard InChI is InChI=1S/C20H21N5O2S2/c1-29(26,27)25-8-5-13(6-9-25)18-11-15-16(4-7-21-20(15)24-18)23-14-2-3-17-19(10-14)28-12-22-17/h2-5,7,10,12,18H,6,8-9,11H2,1H3,(H2,21,23,24). The molecule has 2 N–H and O–H groups in total. The van der Waals surface area contributed by atoms with Crippen LogP contribution in [-0.2, 0) is 16.4 Å². The van der Waals surface area contributed by atoms with Gasteiger partial charge in [-0.25, -0.2) is 18.4 Å². The number of pyridine rings is 1. The molecule has 7 nitrogen and oxygen atoms in total. The monoisotopic (exact) mass is 427 g/mol. The van der Waals surface area contributed by atoms with E-state index in [-0.39, 0.29) is 6.04 Å². The van der Waals surface area contributed by atoms with Gasteiger partial charge in [-0.3, -0.25) is 0 Å². The third-order valence-corrected chi connectivity index (χ3v) is 7.57. The van der Waals surface area contributed by atoms with Crippen LogP contribution in [0.2, 0.25) is 0 Å². The van der Waals surface area contributed by atoms with Crippen molar-refractivity contribution >= 4 is 48.8 Å². The summed E-state index contributed by atoms with van der Waals surface area (Å²) in [5.74, 6) is 0.894. The summed E-state index contributed by atoms with van der Waals surface area (Å²) in [7, 11) is -3.14. The number of hydrogen-bond acceptors (Lipinski definition) is 7. The number of nitrogens with one attached hydrogen (secondary N) is 2. The van der Waals surface area contributed by atoms with Gasteiger partial charge in [0.15, 0.2) is 0 Å². The number of hydrogen-bond donors (Lipinski definition) is 2. The number of benzene rings is 1. The van der Waals surface area contributed by atoms with Gasteiger partial charge in [-0.1, -0.05) is 6.08 Å². The maximum absolute atomic E-state index is 11.7. The summed E-state index contributed by atoms with van der Waals surface area (Å²) in [5, 5.41) is 7.04. The fourth-order valence-corrected chi connectivity index (χ4v) is 5.44. The Morgan fingerprint density at radius 3 is 2.97 bits per heavy atom. The number of fused-ring (bicyclic) bond motifs is 2. The van der Waals surface area contributed by atoms with Crippen LogP contribution in [0.4, 0.5) is 17.2 Å². The van der Waals surface area contributed by atoms with Gasteiger partial charge in [0.05, 0.1) is 28.0 Å². The van der Waals surface area contributed by atoms with E-state index < -0.39 is 10.0 Å². The first-order valence-electron chi connectivity index (χ1n) is 9.46. The third-order valence-electron chi connectivity index (χ3n) is 5.51. The van der Waals surface area contributed by atoms with Gasteiger partial charge in [-0.05, 0) is 36.3 Å². The minimum absolute atomic E-state index is 0.158. The van der Waals surface area contributed by atoms with Crippen LogP contribution in [0.1, 0.15) is 12.0 Å². The minimum atomic E-state index is -3.14. The normalized spacial score (nSPS) is 19.6. The average Bonchev–Trinajstić information content (AvgIpc) is 3.34. The Morgan fingerprint density at radius 2 is 2.17 bits per heavy atom. The molecule has 5 rings (SSSR count). The molecule has 0 saturated carbocycles. The minimum Gasteiger partial charge on any atom is -0.363 e. The van der Waals surface area contributed by atoms with Crippen LogP contribution in [0.5, 0.6) is 0 Å². The van der Waals surface area contributed by atoms with Crippen LogP contribution >= 0.6 is 11.3 Å². The van der Waals surface area contributed by atoms with Crippen molar-refractivity contribution in [3.05, 3.63) is 53.2 Å². The van der Waals surface area contributed by atoms with E-state index in [9.17, 15) is 8.42 Å². The van der Waals surface area contributed by atoms with E-state index in [0.717, 1.165) is 45.8 Å². The number of thiazole rings is 1. The zero-order chi connectivity index (χ0) is 20.0. The number of anilines is 3. The molecule has 1 atom stereocenters. The lowest BCUT2D eigenvalue weighted by atomic mass is 9.98. The molecule has 1 aromatic carbocycles. The second kappa shape index (κ2) is 7.08. The van der Waals surface area contributed by atoms with E-state index in [1.165, 1.54) is 16.1 Å². The highest BCUT2D eigenvalue weighted by Gasteiger charge is 2.29. The lowest BCUT2D eigenvalue weighted by molar-refractivity contribution is 0.430. The number of nitrogens with zero attached hydrogens (tertiary/aromatic N) is 3. The van der Waals surface area contributed by atoms with Gasteiger partial charge in [-0.2, -0.15) is 4.31 Å². The molecule has 0 radical (unpaired) electrons.